The maximum Gasteiger partial charge on any atom is 0.344 e. The van der Waals surface area contributed by atoms with E-state index in [1.54, 1.807) is 0 Å². The summed E-state index contributed by atoms with van der Waals surface area (Å²) in [5.41, 5.74) is -1.09. The van der Waals surface area contributed by atoms with E-state index in [2.05, 4.69) is 5.10 Å². The lowest BCUT2D eigenvalue weighted by Crippen LogP contribution is -2.19. The summed E-state index contributed by atoms with van der Waals surface area (Å²) < 4.78 is 1.00. The first-order valence-electron chi connectivity index (χ1n) is 2.74. The zero-order valence-electron chi connectivity index (χ0n) is 5.13. The molecule has 0 radical (unpaired) electrons. The average molecular weight is 145 g/mol. The lowest BCUT2D eigenvalue weighted by atomic mass is 10.7. The van der Waals surface area contributed by atoms with Gasteiger partial charge in [-0.2, -0.15) is 0 Å². The van der Waals surface area contributed by atoms with Crippen molar-refractivity contribution in [2.45, 2.75) is 6.54 Å². The van der Waals surface area contributed by atoms with E-state index in [1.807, 2.05) is 4.98 Å². The SMILES string of the molecule is O=c1[nH]c(=O)n(CCO)[nH]1. The fourth-order valence-corrected chi connectivity index (χ4v) is 0.623. The van der Waals surface area contributed by atoms with E-state index in [1.165, 1.54) is 0 Å². The van der Waals surface area contributed by atoms with E-state index in [-0.39, 0.29) is 13.2 Å². The largest absolute Gasteiger partial charge is 0.394 e. The maximum absolute atomic E-state index is 10.6. The molecular weight excluding hydrogens is 138 g/mol. The summed E-state index contributed by atoms with van der Waals surface area (Å²) in [6.45, 7) is -0.0642. The van der Waals surface area contributed by atoms with E-state index < -0.39 is 11.4 Å². The van der Waals surface area contributed by atoms with Crippen LogP contribution in [0, 0.1) is 0 Å². The first-order valence-corrected chi connectivity index (χ1v) is 2.74. The molecule has 0 aromatic carbocycles. The molecule has 6 nitrogen and oxygen atoms in total. The van der Waals surface area contributed by atoms with Crippen molar-refractivity contribution < 1.29 is 5.11 Å². The molecule has 0 aliphatic rings. The van der Waals surface area contributed by atoms with Gasteiger partial charge in [0, 0.05) is 0 Å². The van der Waals surface area contributed by atoms with Crippen molar-refractivity contribution in [3.63, 3.8) is 0 Å². The highest BCUT2D eigenvalue weighted by Gasteiger charge is 1.95. The smallest absolute Gasteiger partial charge is 0.344 e. The second-order valence-corrected chi connectivity index (χ2v) is 1.75. The van der Waals surface area contributed by atoms with Gasteiger partial charge >= 0.3 is 11.4 Å². The van der Waals surface area contributed by atoms with Crippen molar-refractivity contribution in [1.82, 2.24) is 14.8 Å². The molecule has 0 spiro atoms. The van der Waals surface area contributed by atoms with Crippen molar-refractivity contribution in [2.75, 3.05) is 6.61 Å². The van der Waals surface area contributed by atoms with Crippen LogP contribution < -0.4 is 11.4 Å². The summed E-state index contributed by atoms with van der Waals surface area (Å²) in [7, 11) is 0. The Morgan fingerprint density at radius 3 is 2.60 bits per heavy atom. The minimum Gasteiger partial charge on any atom is -0.394 e. The summed E-state index contributed by atoms with van der Waals surface area (Å²) in [4.78, 5) is 22.9. The Hall–Kier alpha value is -1.30. The normalized spacial score (nSPS) is 10.1. The number of aromatic amines is 2. The Morgan fingerprint density at radius 2 is 2.20 bits per heavy atom. The molecule has 0 amide bonds. The number of hydrogen-bond donors (Lipinski definition) is 3. The average Bonchev–Trinajstić information content (AvgIpc) is 2.13. The van der Waals surface area contributed by atoms with Gasteiger partial charge < -0.3 is 5.11 Å². The van der Waals surface area contributed by atoms with Gasteiger partial charge in [-0.15, -0.1) is 0 Å². The van der Waals surface area contributed by atoms with Gasteiger partial charge in [-0.3, -0.25) is 4.98 Å². The molecule has 0 saturated heterocycles. The van der Waals surface area contributed by atoms with Gasteiger partial charge in [0.2, 0.25) is 0 Å². The molecule has 1 heterocycles. The standard InChI is InChI=1S/C4H7N3O3/c8-2-1-7-4(10)5-3(9)6-7/h8H,1-2H2,(H2,5,6,9,10). The van der Waals surface area contributed by atoms with Crippen LogP contribution in [0.25, 0.3) is 0 Å². The van der Waals surface area contributed by atoms with E-state index in [4.69, 9.17) is 5.11 Å². The third-order valence-corrected chi connectivity index (χ3v) is 1.03. The number of nitrogens with one attached hydrogen (secondary N) is 2. The van der Waals surface area contributed by atoms with Gasteiger partial charge in [0.05, 0.1) is 13.2 Å². The molecule has 0 fully saturated rings. The number of rotatable bonds is 2. The van der Waals surface area contributed by atoms with E-state index in [9.17, 15) is 9.59 Å². The molecule has 1 aromatic heterocycles. The molecule has 3 N–H and O–H groups in total. The van der Waals surface area contributed by atoms with Crippen molar-refractivity contribution in [2.24, 2.45) is 0 Å². The minimum atomic E-state index is -0.557. The molecule has 1 rings (SSSR count). The minimum absolute atomic E-state index is 0.109. The van der Waals surface area contributed by atoms with Gasteiger partial charge in [-0.1, -0.05) is 0 Å². The first-order chi connectivity index (χ1) is 4.74. The maximum atomic E-state index is 10.6. The predicted molar refractivity (Wildman–Crippen MR) is 32.8 cm³/mol. The number of aliphatic hydroxyl groups excluding tert-OH is 1. The summed E-state index contributed by atoms with van der Waals surface area (Å²) in [5, 5.41) is 10.5. The summed E-state index contributed by atoms with van der Waals surface area (Å²) in [6, 6.07) is 0. The highest BCUT2D eigenvalue weighted by Crippen LogP contribution is 1.64. The molecule has 0 aliphatic heterocycles. The van der Waals surface area contributed by atoms with Crippen LogP contribution in [0.5, 0.6) is 0 Å². The highest BCUT2D eigenvalue weighted by molar-refractivity contribution is 4.60. The molecule has 0 atom stereocenters. The summed E-state index contributed by atoms with van der Waals surface area (Å²) in [5.74, 6) is 0. The second kappa shape index (κ2) is 2.53. The summed E-state index contributed by atoms with van der Waals surface area (Å²) >= 11 is 0. The Bertz CT molecular complexity index is 306. The Labute approximate surface area is 55.1 Å². The van der Waals surface area contributed by atoms with Crippen molar-refractivity contribution >= 4 is 0 Å². The third-order valence-electron chi connectivity index (χ3n) is 1.03. The van der Waals surface area contributed by atoms with Gasteiger partial charge in [-0.25, -0.2) is 19.4 Å². The van der Waals surface area contributed by atoms with Gasteiger partial charge in [0.25, 0.3) is 0 Å². The first kappa shape index (κ1) is 6.81. The van der Waals surface area contributed by atoms with Crippen LogP contribution in [0.15, 0.2) is 9.59 Å². The molecule has 0 unspecified atom stereocenters. The molecular formula is C4H7N3O3. The van der Waals surface area contributed by atoms with Crippen molar-refractivity contribution in [3.05, 3.63) is 21.0 Å². The zero-order valence-corrected chi connectivity index (χ0v) is 5.13. The number of aliphatic hydroxyl groups is 1. The van der Waals surface area contributed by atoms with Crippen molar-refractivity contribution in [3.8, 4) is 0 Å². The third kappa shape index (κ3) is 1.16. The zero-order chi connectivity index (χ0) is 7.56. The lowest BCUT2D eigenvalue weighted by Gasteiger charge is -1.91. The van der Waals surface area contributed by atoms with E-state index in [0.717, 1.165) is 4.68 Å². The molecule has 0 bridgehead atoms. The van der Waals surface area contributed by atoms with Crippen LogP contribution in [0.1, 0.15) is 0 Å². The van der Waals surface area contributed by atoms with E-state index in [0.29, 0.717) is 0 Å². The number of nitrogens with zero attached hydrogens (tertiary/aromatic N) is 1. The Morgan fingerprint density at radius 1 is 1.50 bits per heavy atom. The molecule has 0 aliphatic carbocycles. The van der Waals surface area contributed by atoms with Crippen LogP contribution >= 0.6 is 0 Å². The van der Waals surface area contributed by atoms with Crippen molar-refractivity contribution in [1.29, 1.82) is 0 Å². The number of hydrogen-bond acceptors (Lipinski definition) is 3. The summed E-state index contributed by atoms with van der Waals surface area (Å²) in [6.07, 6.45) is 0. The quantitative estimate of drug-likeness (QED) is 0.443. The van der Waals surface area contributed by atoms with Crippen LogP contribution in [-0.2, 0) is 6.54 Å². The Balaban J connectivity index is 3.04. The monoisotopic (exact) mass is 145 g/mol. The van der Waals surface area contributed by atoms with Crippen LogP contribution in [0.4, 0.5) is 0 Å². The van der Waals surface area contributed by atoms with Gasteiger partial charge in [-0.05, 0) is 0 Å². The fourth-order valence-electron chi connectivity index (χ4n) is 0.623. The molecule has 56 valence electrons. The molecule has 1 aromatic rings. The van der Waals surface area contributed by atoms with Gasteiger partial charge in [0.1, 0.15) is 0 Å². The Kier molecular flexibility index (Phi) is 1.72. The topological polar surface area (TPSA) is 90.9 Å². The molecule has 0 saturated carbocycles. The second-order valence-electron chi connectivity index (χ2n) is 1.75. The highest BCUT2D eigenvalue weighted by atomic mass is 16.3. The number of aromatic nitrogens is 3. The van der Waals surface area contributed by atoms with Crippen LogP contribution in [-0.4, -0.2) is 26.5 Å². The van der Waals surface area contributed by atoms with Crippen LogP contribution in [0.2, 0.25) is 0 Å². The van der Waals surface area contributed by atoms with Crippen LogP contribution in [0.3, 0.4) is 0 Å². The number of H-pyrrole nitrogens is 2. The fraction of sp³-hybridized carbons (Fsp3) is 0.500. The van der Waals surface area contributed by atoms with E-state index >= 15 is 0 Å². The predicted octanol–water partition coefficient (Wildman–Crippen LogP) is -2.14. The molecule has 6 heteroatoms. The lowest BCUT2D eigenvalue weighted by molar-refractivity contribution is 0.267. The van der Waals surface area contributed by atoms with Gasteiger partial charge in [0.15, 0.2) is 0 Å². The molecule has 10 heavy (non-hydrogen) atoms.